The second-order valence-electron chi connectivity index (χ2n) is 5.87. The van der Waals surface area contributed by atoms with Gasteiger partial charge in [-0.3, -0.25) is 4.79 Å². The lowest BCUT2D eigenvalue weighted by molar-refractivity contribution is 0.0931. The summed E-state index contributed by atoms with van der Waals surface area (Å²) in [5.41, 5.74) is 8.11. The van der Waals surface area contributed by atoms with Gasteiger partial charge in [0.15, 0.2) is 11.5 Å². The Bertz CT molecular complexity index is 736. The van der Waals surface area contributed by atoms with Crippen molar-refractivity contribution in [1.29, 1.82) is 0 Å². The number of carbonyl (C=O) groups is 1. The first kappa shape index (κ1) is 15.0. The van der Waals surface area contributed by atoms with Crippen molar-refractivity contribution in [1.82, 2.24) is 16.2 Å². The van der Waals surface area contributed by atoms with E-state index in [4.69, 9.17) is 9.47 Å². The Morgan fingerprint density at radius 2 is 1.79 bits per heavy atom. The fraction of sp³-hybridized carbons (Fsp3) is 0.278. The monoisotopic (exact) mass is 325 g/mol. The van der Waals surface area contributed by atoms with E-state index in [9.17, 15) is 4.79 Å². The minimum atomic E-state index is -0.139. The fourth-order valence-electron chi connectivity index (χ4n) is 2.98. The third-order valence-electron chi connectivity index (χ3n) is 4.21. The van der Waals surface area contributed by atoms with E-state index in [1.165, 1.54) is 5.56 Å². The summed E-state index contributed by atoms with van der Waals surface area (Å²) in [5.74, 6) is 1.16. The van der Waals surface area contributed by atoms with Crippen LogP contribution in [0.4, 0.5) is 0 Å². The lowest BCUT2D eigenvalue weighted by Crippen LogP contribution is -2.44. The molecular formula is C18H19N3O3. The van der Waals surface area contributed by atoms with Crippen molar-refractivity contribution in [2.24, 2.45) is 0 Å². The number of nitrogens with one attached hydrogen (secondary N) is 3. The molecule has 6 heteroatoms. The first-order valence-electron chi connectivity index (χ1n) is 8.06. The second-order valence-corrected chi connectivity index (χ2v) is 5.87. The third-order valence-corrected chi connectivity index (χ3v) is 4.21. The van der Waals surface area contributed by atoms with Crippen LogP contribution in [0.1, 0.15) is 28.4 Å². The van der Waals surface area contributed by atoms with E-state index in [-0.39, 0.29) is 18.1 Å². The first-order chi connectivity index (χ1) is 11.8. The zero-order chi connectivity index (χ0) is 16.4. The van der Waals surface area contributed by atoms with Crippen molar-refractivity contribution in [2.75, 3.05) is 13.2 Å². The van der Waals surface area contributed by atoms with Crippen LogP contribution in [0.3, 0.4) is 0 Å². The molecule has 4 rings (SSSR count). The molecule has 0 aromatic heterocycles. The van der Waals surface area contributed by atoms with Crippen molar-refractivity contribution < 1.29 is 14.3 Å². The van der Waals surface area contributed by atoms with Crippen LogP contribution in [0.25, 0.3) is 0 Å². The van der Waals surface area contributed by atoms with E-state index in [0.29, 0.717) is 30.3 Å². The normalized spacial score (nSPS) is 22.2. The van der Waals surface area contributed by atoms with Crippen LogP contribution in [-0.2, 0) is 0 Å². The molecule has 0 bridgehead atoms. The number of hydrogen-bond acceptors (Lipinski definition) is 5. The maximum absolute atomic E-state index is 12.5. The number of hydrogen-bond donors (Lipinski definition) is 3. The maximum Gasteiger partial charge on any atom is 0.252 e. The van der Waals surface area contributed by atoms with Gasteiger partial charge in [0.25, 0.3) is 5.91 Å². The summed E-state index contributed by atoms with van der Waals surface area (Å²) >= 11 is 0. The average Bonchev–Trinajstić information content (AvgIpc) is 3.10. The molecule has 2 aromatic rings. The smallest absolute Gasteiger partial charge is 0.252 e. The molecule has 2 aromatic carbocycles. The minimum Gasteiger partial charge on any atom is -0.486 e. The molecule has 24 heavy (non-hydrogen) atoms. The van der Waals surface area contributed by atoms with Crippen LogP contribution in [0.5, 0.6) is 11.5 Å². The number of carbonyl (C=O) groups excluding carboxylic acids is 1. The molecule has 0 aliphatic carbocycles. The van der Waals surface area contributed by atoms with Gasteiger partial charge in [0, 0.05) is 18.0 Å². The topological polar surface area (TPSA) is 71.6 Å². The van der Waals surface area contributed by atoms with Crippen molar-refractivity contribution in [2.45, 2.75) is 18.6 Å². The van der Waals surface area contributed by atoms with Crippen LogP contribution < -0.4 is 25.6 Å². The van der Waals surface area contributed by atoms with Crippen molar-refractivity contribution in [3.8, 4) is 11.5 Å². The highest BCUT2D eigenvalue weighted by Crippen LogP contribution is 2.30. The largest absolute Gasteiger partial charge is 0.486 e. The van der Waals surface area contributed by atoms with Gasteiger partial charge in [-0.2, -0.15) is 0 Å². The fourth-order valence-corrected chi connectivity index (χ4v) is 2.98. The first-order valence-corrected chi connectivity index (χ1v) is 8.06. The molecule has 124 valence electrons. The average molecular weight is 325 g/mol. The molecule has 2 unspecified atom stereocenters. The van der Waals surface area contributed by atoms with Gasteiger partial charge in [0.05, 0.1) is 6.17 Å². The summed E-state index contributed by atoms with van der Waals surface area (Å²) in [4.78, 5) is 12.5. The molecule has 2 aliphatic heterocycles. The van der Waals surface area contributed by atoms with Gasteiger partial charge in [0.2, 0.25) is 0 Å². The van der Waals surface area contributed by atoms with E-state index in [2.05, 4.69) is 28.3 Å². The summed E-state index contributed by atoms with van der Waals surface area (Å²) in [6.45, 7) is 1.04. The standard InChI is InChI=1S/C18H19N3O3/c22-18(13-6-7-15-16(10-13)24-9-8-23-15)19-17-11-14(20-21-17)12-4-2-1-3-5-12/h1-7,10,14,17,20-21H,8-9,11H2,(H,19,22). The molecule has 1 saturated heterocycles. The Morgan fingerprint density at radius 3 is 2.62 bits per heavy atom. The Labute approximate surface area is 140 Å². The van der Waals surface area contributed by atoms with Gasteiger partial charge in [-0.1, -0.05) is 30.3 Å². The number of benzene rings is 2. The lowest BCUT2D eigenvalue weighted by atomic mass is 10.0. The number of rotatable bonds is 3. The highest BCUT2D eigenvalue weighted by atomic mass is 16.6. The molecule has 2 heterocycles. The van der Waals surface area contributed by atoms with Crippen LogP contribution >= 0.6 is 0 Å². The Kier molecular flexibility index (Phi) is 4.06. The van der Waals surface area contributed by atoms with Crippen LogP contribution in [0, 0.1) is 0 Å². The SMILES string of the molecule is O=C(NC1CC(c2ccccc2)NN1)c1ccc2c(c1)OCCO2. The zero-order valence-corrected chi connectivity index (χ0v) is 13.1. The predicted molar refractivity (Wildman–Crippen MR) is 88.8 cm³/mol. The summed E-state index contributed by atoms with van der Waals surface area (Å²) in [5, 5.41) is 2.99. The number of fused-ring (bicyclic) bond motifs is 1. The summed E-state index contributed by atoms with van der Waals surface area (Å²) < 4.78 is 11.0. The van der Waals surface area contributed by atoms with Crippen molar-refractivity contribution in [3.05, 3.63) is 59.7 Å². The maximum atomic E-state index is 12.5. The van der Waals surface area contributed by atoms with E-state index in [0.717, 1.165) is 6.42 Å². The third kappa shape index (κ3) is 3.06. The van der Waals surface area contributed by atoms with Gasteiger partial charge in [-0.25, -0.2) is 10.9 Å². The summed E-state index contributed by atoms with van der Waals surface area (Å²) in [6.07, 6.45) is 0.649. The van der Waals surface area contributed by atoms with Crippen molar-refractivity contribution in [3.63, 3.8) is 0 Å². The molecule has 0 spiro atoms. The van der Waals surface area contributed by atoms with E-state index >= 15 is 0 Å². The Morgan fingerprint density at radius 1 is 1.00 bits per heavy atom. The zero-order valence-electron chi connectivity index (χ0n) is 13.1. The second kappa shape index (κ2) is 6.51. The summed E-state index contributed by atoms with van der Waals surface area (Å²) in [7, 11) is 0. The Balaban J connectivity index is 1.40. The molecular weight excluding hydrogens is 306 g/mol. The number of hydrazine groups is 1. The lowest BCUT2D eigenvalue weighted by Gasteiger charge is -2.19. The highest BCUT2D eigenvalue weighted by Gasteiger charge is 2.26. The van der Waals surface area contributed by atoms with Crippen molar-refractivity contribution >= 4 is 5.91 Å². The van der Waals surface area contributed by atoms with Crippen LogP contribution in [-0.4, -0.2) is 25.3 Å². The predicted octanol–water partition coefficient (Wildman–Crippen LogP) is 1.75. The van der Waals surface area contributed by atoms with Gasteiger partial charge in [-0.05, 0) is 23.8 Å². The molecule has 2 aliphatic rings. The van der Waals surface area contributed by atoms with Crippen LogP contribution in [0.2, 0.25) is 0 Å². The molecule has 6 nitrogen and oxygen atoms in total. The van der Waals surface area contributed by atoms with Gasteiger partial charge in [0.1, 0.15) is 13.2 Å². The quantitative estimate of drug-likeness (QED) is 0.802. The summed E-state index contributed by atoms with van der Waals surface area (Å²) in [6, 6.07) is 15.6. The highest BCUT2D eigenvalue weighted by molar-refractivity contribution is 5.95. The molecule has 0 radical (unpaired) electrons. The van der Waals surface area contributed by atoms with E-state index in [1.54, 1.807) is 18.2 Å². The molecule has 3 N–H and O–H groups in total. The van der Waals surface area contributed by atoms with E-state index in [1.807, 2.05) is 18.2 Å². The molecule has 1 fully saturated rings. The van der Waals surface area contributed by atoms with Gasteiger partial charge < -0.3 is 14.8 Å². The van der Waals surface area contributed by atoms with E-state index < -0.39 is 0 Å². The number of amides is 1. The molecule has 0 saturated carbocycles. The minimum absolute atomic E-state index is 0.129. The molecule has 2 atom stereocenters. The number of ether oxygens (including phenoxy) is 2. The van der Waals surface area contributed by atoms with Gasteiger partial charge >= 0.3 is 0 Å². The van der Waals surface area contributed by atoms with Crippen LogP contribution in [0.15, 0.2) is 48.5 Å². The van der Waals surface area contributed by atoms with Gasteiger partial charge in [-0.15, -0.1) is 0 Å². The molecule has 1 amide bonds. The Hall–Kier alpha value is -2.57.